The molecule has 1 amide bonds. The number of aliphatic imine (C=N–C) groups is 1. The Kier molecular flexibility index (Phi) is 6.59. The first kappa shape index (κ1) is 20.8. The molecular formula is C23H27N3O3S. The second kappa shape index (κ2) is 9.53. The molecule has 1 saturated carbocycles. The maximum Gasteiger partial charge on any atom is 0.266 e. The molecule has 1 saturated heterocycles. The molecule has 0 unspecified atom stereocenters. The van der Waals surface area contributed by atoms with E-state index < -0.39 is 0 Å². The van der Waals surface area contributed by atoms with Gasteiger partial charge in [0.15, 0.2) is 5.17 Å². The molecule has 6 nitrogen and oxygen atoms in total. The third-order valence-electron chi connectivity index (χ3n) is 5.49. The molecule has 2 fully saturated rings. The lowest BCUT2D eigenvalue weighted by molar-refractivity contribution is -0.122. The van der Waals surface area contributed by atoms with Gasteiger partial charge in [-0.3, -0.25) is 9.69 Å². The highest BCUT2D eigenvalue weighted by molar-refractivity contribution is 8.18. The minimum atomic E-state index is -0.0297. The van der Waals surface area contributed by atoms with Crippen LogP contribution in [-0.2, 0) is 9.53 Å². The summed E-state index contributed by atoms with van der Waals surface area (Å²) >= 11 is 1.41. The van der Waals surface area contributed by atoms with Crippen LogP contribution in [0.25, 0.3) is 6.08 Å². The average Bonchev–Trinajstić information content (AvgIpc) is 3.50. The van der Waals surface area contributed by atoms with Gasteiger partial charge in [-0.15, -0.1) is 0 Å². The quantitative estimate of drug-likeness (QED) is 0.595. The number of hydrogen-bond acceptors (Lipinski definition) is 5. The van der Waals surface area contributed by atoms with E-state index in [0.29, 0.717) is 29.3 Å². The van der Waals surface area contributed by atoms with Crippen molar-refractivity contribution in [3.8, 4) is 5.75 Å². The molecule has 158 valence electrons. The number of methoxy groups -OCH3 is 2. The molecule has 0 spiro atoms. The van der Waals surface area contributed by atoms with Crippen LogP contribution in [0.3, 0.4) is 0 Å². The Morgan fingerprint density at radius 3 is 2.63 bits per heavy atom. The number of carbonyl (C=O) groups is 1. The third kappa shape index (κ3) is 4.63. The molecule has 1 aromatic carbocycles. The Balaban J connectivity index is 1.57. The third-order valence-corrected chi connectivity index (χ3v) is 6.49. The van der Waals surface area contributed by atoms with Gasteiger partial charge >= 0.3 is 0 Å². The van der Waals surface area contributed by atoms with E-state index in [4.69, 9.17) is 14.5 Å². The zero-order chi connectivity index (χ0) is 20.9. The van der Waals surface area contributed by atoms with Gasteiger partial charge in [0.25, 0.3) is 5.91 Å². The van der Waals surface area contributed by atoms with Crippen LogP contribution in [0.5, 0.6) is 5.75 Å². The van der Waals surface area contributed by atoms with E-state index in [0.717, 1.165) is 17.0 Å². The van der Waals surface area contributed by atoms with Crippen LogP contribution in [0.4, 0.5) is 5.69 Å². The predicted molar refractivity (Wildman–Crippen MR) is 121 cm³/mol. The lowest BCUT2D eigenvalue weighted by Gasteiger charge is -2.14. The predicted octanol–water partition coefficient (Wildman–Crippen LogP) is 4.86. The molecule has 1 aliphatic heterocycles. The van der Waals surface area contributed by atoms with Crippen molar-refractivity contribution >= 4 is 34.6 Å². The molecule has 0 radical (unpaired) electrons. The minimum absolute atomic E-state index is 0.0297. The number of benzene rings is 1. The normalized spacial score (nSPS) is 20.1. The first-order valence-electron chi connectivity index (χ1n) is 10.3. The lowest BCUT2D eigenvalue weighted by atomic mass is 10.2. The first-order chi connectivity index (χ1) is 14.7. The average molecular weight is 426 g/mol. The summed E-state index contributed by atoms with van der Waals surface area (Å²) in [5.74, 6) is 0.746. The minimum Gasteiger partial charge on any atom is -0.497 e. The van der Waals surface area contributed by atoms with Crippen molar-refractivity contribution < 1.29 is 14.3 Å². The van der Waals surface area contributed by atoms with Gasteiger partial charge in [-0.1, -0.05) is 12.8 Å². The van der Waals surface area contributed by atoms with Crippen molar-refractivity contribution in [1.29, 1.82) is 0 Å². The molecule has 2 heterocycles. The van der Waals surface area contributed by atoms with E-state index in [-0.39, 0.29) is 5.91 Å². The number of nitrogens with zero attached hydrogens (tertiary/aromatic N) is 3. The number of amides is 1. The maximum atomic E-state index is 13.1. The van der Waals surface area contributed by atoms with Gasteiger partial charge in [-0.25, -0.2) is 4.99 Å². The summed E-state index contributed by atoms with van der Waals surface area (Å²) in [4.78, 5) is 20.1. The highest BCUT2D eigenvalue weighted by Crippen LogP contribution is 2.35. The molecule has 7 heteroatoms. The monoisotopic (exact) mass is 425 g/mol. The van der Waals surface area contributed by atoms with Gasteiger partial charge in [0, 0.05) is 25.5 Å². The smallest absolute Gasteiger partial charge is 0.266 e. The number of ether oxygens (including phenoxy) is 2. The standard InChI is InChI=1S/C23H27N3O3S/c1-28-14-13-26-22(27)21(15-17-11-12-25(16-17)19-5-3-4-6-19)30-23(26)24-18-7-9-20(29-2)10-8-18/h7-12,15-16,19H,3-6,13-14H2,1-2H3/b21-15+,24-23?. The lowest BCUT2D eigenvalue weighted by Crippen LogP contribution is -2.32. The molecule has 0 bridgehead atoms. The molecule has 0 atom stereocenters. The van der Waals surface area contributed by atoms with Crippen LogP contribution < -0.4 is 4.74 Å². The van der Waals surface area contributed by atoms with Crippen LogP contribution in [0.2, 0.25) is 0 Å². The van der Waals surface area contributed by atoms with Gasteiger partial charge in [-0.2, -0.15) is 0 Å². The fraction of sp³-hybridized carbons (Fsp3) is 0.391. The maximum absolute atomic E-state index is 13.1. The fourth-order valence-corrected chi connectivity index (χ4v) is 4.86. The van der Waals surface area contributed by atoms with E-state index in [1.165, 1.54) is 37.4 Å². The number of hydrogen-bond donors (Lipinski definition) is 0. The highest BCUT2D eigenvalue weighted by Gasteiger charge is 2.33. The van der Waals surface area contributed by atoms with Crippen LogP contribution in [0.15, 0.2) is 52.6 Å². The Hall–Kier alpha value is -2.51. The van der Waals surface area contributed by atoms with E-state index in [1.807, 2.05) is 30.3 Å². The van der Waals surface area contributed by atoms with E-state index in [9.17, 15) is 4.79 Å². The van der Waals surface area contributed by atoms with Crippen molar-refractivity contribution in [2.75, 3.05) is 27.4 Å². The summed E-state index contributed by atoms with van der Waals surface area (Å²) in [6.45, 7) is 0.928. The molecule has 0 N–H and O–H groups in total. The summed E-state index contributed by atoms with van der Waals surface area (Å²) in [5.41, 5.74) is 1.83. The number of thioether (sulfide) groups is 1. The Morgan fingerprint density at radius 1 is 1.17 bits per heavy atom. The van der Waals surface area contributed by atoms with Crippen molar-refractivity contribution in [2.45, 2.75) is 31.7 Å². The highest BCUT2D eigenvalue weighted by atomic mass is 32.2. The van der Waals surface area contributed by atoms with Crippen LogP contribution in [-0.4, -0.2) is 47.9 Å². The second-order valence-electron chi connectivity index (χ2n) is 7.48. The van der Waals surface area contributed by atoms with Crippen LogP contribution in [0.1, 0.15) is 37.3 Å². The van der Waals surface area contributed by atoms with Crippen molar-refractivity contribution in [2.24, 2.45) is 4.99 Å². The fourth-order valence-electron chi connectivity index (χ4n) is 3.83. The van der Waals surface area contributed by atoms with Crippen molar-refractivity contribution in [3.63, 3.8) is 0 Å². The van der Waals surface area contributed by atoms with Gasteiger partial charge in [0.2, 0.25) is 0 Å². The Morgan fingerprint density at radius 2 is 1.93 bits per heavy atom. The molecule has 1 aliphatic carbocycles. The second-order valence-corrected chi connectivity index (χ2v) is 8.49. The summed E-state index contributed by atoms with van der Waals surface area (Å²) < 4.78 is 12.7. The number of rotatable bonds is 7. The number of carbonyl (C=O) groups excluding carboxylic acids is 1. The molecule has 4 rings (SSSR count). The summed E-state index contributed by atoms with van der Waals surface area (Å²) in [7, 11) is 3.27. The molecular weight excluding hydrogens is 398 g/mol. The van der Waals surface area contributed by atoms with Gasteiger partial charge in [0.1, 0.15) is 5.75 Å². The Labute approximate surface area is 181 Å². The largest absolute Gasteiger partial charge is 0.497 e. The van der Waals surface area contributed by atoms with Crippen LogP contribution in [0, 0.1) is 0 Å². The van der Waals surface area contributed by atoms with Gasteiger partial charge in [0.05, 0.1) is 30.9 Å². The van der Waals surface area contributed by atoms with Gasteiger partial charge < -0.3 is 14.0 Å². The summed E-state index contributed by atoms with van der Waals surface area (Å²) in [6.07, 6.45) is 11.3. The zero-order valence-corrected chi connectivity index (χ0v) is 18.2. The van der Waals surface area contributed by atoms with E-state index in [2.05, 4.69) is 23.0 Å². The van der Waals surface area contributed by atoms with Crippen molar-refractivity contribution in [1.82, 2.24) is 9.47 Å². The van der Waals surface area contributed by atoms with Crippen molar-refractivity contribution in [3.05, 3.63) is 53.2 Å². The molecule has 30 heavy (non-hydrogen) atoms. The SMILES string of the molecule is COCCN1C(=O)/C(=C\c2ccn(C3CCCC3)c2)SC1=Nc1ccc(OC)cc1. The molecule has 2 aromatic rings. The molecule has 2 aliphatic rings. The summed E-state index contributed by atoms with van der Waals surface area (Å²) in [6, 6.07) is 10.2. The topological polar surface area (TPSA) is 56.1 Å². The van der Waals surface area contributed by atoms with E-state index in [1.54, 1.807) is 19.1 Å². The first-order valence-corrected chi connectivity index (χ1v) is 11.1. The Bertz CT molecular complexity index is 943. The molecule has 1 aromatic heterocycles. The van der Waals surface area contributed by atoms with Gasteiger partial charge in [-0.05, 0) is 66.6 Å². The van der Waals surface area contributed by atoms with E-state index >= 15 is 0 Å². The van der Waals surface area contributed by atoms with Crippen LogP contribution >= 0.6 is 11.8 Å². The number of aromatic nitrogens is 1. The summed E-state index contributed by atoms with van der Waals surface area (Å²) in [5, 5.41) is 0.670. The zero-order valence-electron chi connectivity index (χ0n) is 17.4. The number of amidine groups is 1.